The second kappa shape index (κ2) is 6.00. The van der Waals surface area contributed by atoms with E-state index in [2.05, 4.69) is 25.6 Å². The Balaban J connectivity index is 1.51. The SMILES string of the molecule is NC(=O)c1ccc(-c2nnn(Cc3nnc(-c4ccco4)o3)n2)cc1. The first-order valence-corrected chi connectivity index (χ1v) is 7.23. The van der Waals surface area contributed by atoms with Gasteiger partial charge in [-0.15, -0.1) is 20.4 Å². The minimum atomic E-state index is -0.494. The number of tetrazole rings is 1. The highest BCUT2D eigenvalue weighted by Crippen LogP contribution is 2.18. The molecule has 0 saturated carbocycles. The molecule has 10 nitrogen and oxygen atoms in total. The molecule has 124 valence electrons. The summed E-state index contributed by atoms with van der Waals surface area (Å²) in [5.41, 5.74) is 6.33. The zero-order chi connectivity index (χ0) is 17.2. The Bertz CT molecular complexity index is 1000. The molecular weight excluding hydrogens is 326 g/mol. The largest absolute Gasteiger partial charge is 0.459 e. The number of hydrogen-bond donors (Lipinski definition) is 1. The molecule has 25 heavy (non-hydrogen) atoms. The van der Waals surface area contributed by atoms with Crippen molar-refractivity contribution >= 4 is 5.91 Å². The van der Waals surface area contributed by atoms with Crippen molar-refractivity contribution in [2.45, 2.75) is 6.54 Å². The number of rotatable bonds is 5. The van der Waals surface area contributed by atoms with Crippen molar-refractivity contribution in [1.82, 2.24) is 30.4 Å². The Labute approximate surface area is 140 Å². The Morgan fingerprint density at radius 3 is 2.68 bits per heavy atom. The van der Waals surface area contributed by atoms with Crippen LogP contribution in [-0.2, 0) is 6.54 Å². The van der Waals surface area contributed by atoms with Crippen molar-refractivity contribution in [3.05, 3.63) is 54.1 Å². The van der Waals surface area contributed by atoms with Crippen LogP contribution in [0.2, 0.25) is 0 Å². The molecule has 0 aliphatic carbocycles. The summed E-state index contributed by atoms with van der Waals surface area (Å²) in [6.07, 6.45) is 1.52. The van der Waals surface area contributed by atoms with Crippen molar-refractivity contribution in [2.75, 3.05) is 0 Å². The van der Waals surface area contributed by atoms with Crippen LogP contribution >= 0.6 is 0 Å². The molecule has 1 amide bonds. The summed E-state index contributed by atoms with van der Waals surface area (Å²) in [6.45, 7) is 0.167. The van der Waals surface area contributed by atoms with E-state index in [1.54, 1.807) is 36.4 Å². The number of nitrogens with zero attached hydrogens (tertiary/aromatic N) is 6. The first kappa shape index (κ1) is 14.8. The highest BCUT2D eigenvalue weighted by atomic mass is 16.4. The molecule has 3 aromatic heterocycles. The fourth-order valence-electron chi connectivity index (χ4n) is 2.15. The maximum Gasteiger partial charge on any atom is 0.283 e. The zero-order valence-corrected chi connectivity index (χ0v) is 12.7. The Kier molecular flexibility index (Phi) is 3.54. The fraction of sp³-hybridized carbons (Fsp3) is 0.0667. The molecule has 0 bridgehead atoms. The summed E-state index contributed by atoms with van der Waals surface area (Å²) in [5, 5.41) is 20.0. The van der Waals surface area contributed by atoms with Crippen molar-refractivity contribution < 1.29 is 13.6 Å². The smallest absolute Gasteiger partial charge is 0.283 e. The first-order chi connectivity index (χ1) is 12.2. The molecule has 0 radical (unpaired) electrons. The topological polar surface area (TPSA) is 139 Å². The van der Waals surface area contributed by atoms with E-state index in [0.717, 1.165) is 0 Å². The molecule has 10 heteroatoms. The molecule has 4 rings (SSSR count). The zero-order valence-electron chi connectivity index (χ0n) is 12.7. The summed E-state index contributed by atoms with van der Waals surface area (Å²) in [5.74, 6) is 0.996. The van der Waals surface area contributed by atoms with Crippen molar-refractivity contribution in [1.29, 1.82) is 0 Å². The second-order valence-corrected chi connectivity index (χ2v) is 5.06. The molecule has 0 aliphatic heterocycles. The Morgan fingerprint density at radius 2 is 1.96 bits per heavy atom. The Hall–Kier alpha value is -3.82. The number of benzene rings is 1. The van der Waals surface area contributed by atoms with E-state index >= 15 is 0 Å². The number of aromatic nitrogens is 6. The van der Waals surface area contributed by atoms with Crippen LogP contribution in [-0.4, -0.2) is 36.3 Å². The molecule has 1 aromatic carbocycles. The molecule has 4 aromatic rings. The van der Waals surface area contributed by atoms with Gasteiger partial charge in [0.15, 0.2) is 5.76 Å². The van der Waals surface area contributed by atoms with Gasteiger partial charge in [-0.2, -0.15) is 4.80 Å². The van der Waals surface area contributed by atoms with Crippen LogP contribution in [0.1, 0.15) is 16.2 Å². The summed E-state index contributed by atoms with van der Waals surface area (Å²) in [7, 11) is 0. The molecule has 0 unspecified atom stereocenters. The molecule has 0 atom stereocenters. The van der Waals surface area contributed by atoms with Gasteiger partial charge in [-0.1, -0.05) is 12.1 Å². The van der Waals surface area contributed by atoms with Crippen LogP contribution < -0.4 is 5.73 Å². The molecule has 0 fully saturated rings. The van der Waals surface area contributed by atoms with Gasteiger partial charge in [0.25, 0.3) is 5.89 Å². The lowest BCUT2D eigenvalue weighted by atomic mass is 10.1. The normalized spacial score (nSPS) is 10.9. The maximum absolute atomic E-state index is 11.1. The summed E-state index contributed by atoms with van der Waals surface area (Å²) >= 11 is 0. The van der Waals surface area contributed by atoms with E-state index in [1.165, 1.54) is 11.1 Å². The van der Waals surface area contributed by atoms with Gasteiger partial charge in [-0.05, 0) is 29.5 Å². The molecule has 0 spiro atoms. The standard InChI is InChI=1S/C15H11N7O3/c16-13(23)9-3-5-10(6-4-9)14-18-21-22(20-14)8-12-17-19-15(25-12)11-2-1-7-24-11/h1-7H,8H2,(H2,16,23). The van der Waals surface area contributed by atoms with E-state index in [9.17, 15) is 4.79 Å². The van der Waals surface area contributed by atoms with Gasteiger partial charge in [0.2, 0.25) is 17.6 Å². The van der Waals surface area contributed by atoms with E-state index in [1.807, 2.05) is 0 Å². The first-order valence-electron chi connectivity index (χ1n) is 7.23. The third-order valence-corrected chi connectivity index (χ3v) is 3.36. The number of carbonyl (C=O) groups is 1. The minimum Gasteiger partial charge on any atom is -0.459 e. The highest BCUT2D eigenvalue weighted by molar-refractivity contribution is 5.93. The van der Waals surface area contributed by atoms with E-state index in [-0.39, 0.29) is 12.4 Å². The molecule has 0 saturated heterocycles. The van der Waals surface area contributed by atoms with Crippen molar-refractivity contribution in [3.63, 3.8) is 0 Å². The number of carbonyl (C=O) groups excluding carboxylic acids is 1. The molecule has 2 N–H and O–H groups in total. The predicted octanol–water partition coefficient (Wildman–Crippen LogP) is 1.13. The van der Waals surface area contributed by atoms with E-state index < -0.39 is 5.91 Å². The number of hydrogen-bond acceptors (Lipinski definition) is 8. The third-order valence-electron chi connectivity index (χ3n) is 3.36. The average Bonchev–Trinajstić information content (AvgIpc) is 3.37. The van der Waals surface area contributed by atoms with E-state index in [0.29, 0.717) is 28.6 Å². The third kappa shape index (κ3) is 3.00. The van der Waals surface area contributed by atoms with Gasteiger partial charge in [-0.3, -0.25) is 4.79 Å². The number of amides is 1. The number of nitrogens with two attached hydrogens (primary N) is 1. The summed E-state index contributed by atoms with van der Waals surface area (Å²) in [6, 6.07) is 10.1. The monoisotopic (exact) mass is 337 g/mol. The van der Waals surface area contributed by atoms with Crippen LogP contribution in [0.25, 0.3) is 23.0 Å². The molecule has 3 heterocycles. The van der Waals surface area contributed by atoms with Crippen LogP contribution in [0, 0.1) is 0 Å². The van der Waals surface area contributed by atoms with Crippen LogP contribution in [0.3, 0.4) is 0 Å². The van der Waals surface area contributed by atoms with Crippen molar-refractivity contribution in [2.24, 2.45) is 5.73 Å². The lowest BCUT2D eigenvalue weighted by Crippen LogP contribution is -2.10. The van der Waals surface area contributed by atoms with Gasteiger partial charge in [0, 0.05) is 11.1 Å². The van der Waals surface area contributed by atoms with Gasteiger partial charge >= 0.3 is 0 Å². The van der Waals surface area contributed by atoms with Gasteiger partial charge in [0.1, 0.15) is 6.54 Å². The summed E-state index contributed by atoms with van der Waals surface area (Å²) < 4.78 is 10.7. The fourth-order valence-corrected chi connectivity index (χ4v) is 2.15. The second-order valence-electron chi connectivity index (χ2n) is 5.06. The minimum absolute atomic E-state index is 0.167. The van der Waals surface area contributed by atoms with E-state index in [4.69, 9.17) is 14.6 Å². The van der Waals surface area contributed by atoms with Gasteiger partial charge in [0.05, 0.1) is 6.26 Å². The number of furan rings is 1. The van der Waals surface area contributed by atoms with Crippen LogP contribution in [0.4, 0.5) is 0 Å². The van der Waals surface area contributed by atoms with Crippen LogP contribution in [0.5, 0.6) is 0 Å². The lowest BCUT2D eigenvalue weighted by molar-refractivity contribution is 0.100. The lowest BCUT2D eigenvalue weighted by Gasteiger charge is -1.97. The highest BCUT2D eigenvalue weighted by Gasteiger charge is 2.13. The maximum atomic E-state index is 11.1. The van der Waals surface area contributed by atoms with Gasteiger partial charge in [-0.25, -0.2) is 0 Å². The molecular formula is C15H11N7O3. The Morgan fingerprint density at radius 1 is 1.12 bits per heavy atom. The average molecular weight is 337 g/mol. The number of primary amides is 1. The van der Waals surface area contributed by atoms with Crippen LogP contribution in [0.15, 0.2) is 51.5 Å². The quantitative estimate of drug-likeness (QED) is 0.571. The summed E-state index contributed by atoms with van der Waals surface area (Å²) in [4.78, 5) is 12.4. The van der Waals surface area contributed by atoms with Gasteiger partial charge < -0.3 is 14.6 Å². The predicted molar refractivity (Wildman–Crippen MR) is 82.9 cm³/mol. The molecule has 0 aliphatic rings. The van der Waals surface area contributed by atoms with Crippen molar-refractivity contribution in [3.8, 4) is 23.0 Å².